The largest absolute Gasteiger partial charge is 0.496 e. The number of rotatable bonds is 5. The summed E-state index contributed by atoms with van der Waals surface area (Å²) in [6.07, 6.45) is 2.31. The number of nitrogens with zero attached hydrogens (tertiary/aromatic N) is 1. The summed E-state index contributed by atoms with van der Waals surface area (Å²) < 4.78 is 5.30. The number of benzene rings is 1. The average molecular weight is 262 g/mol. The molecule has 104 valence electrons. The van der Waals surface area contributed by atoms with Crippen molar-refractivity contribution in [2.45, 2.75) is 19.3 Å². The van der Waals surface area contributed by atoms with E-state index in [0.29, 0.717) is 18.9 Å². The van der Waals surface area contributed by atoms with Gasteiger partial charge in [-0.3, -0.25) is 4.79 Å². The topological polar surface area (TPSA) is 55.6 Å². The minimum Gasteiger partial charge on any atom is -0.496 e. The van der Waals surface area contributed by atoms with Gasteiger partial charge in [0.05, 0.1) is 7.11 Å². The number of methoxy groups -OCH3 is 1. The van der Waals surface area contributed by atoms with Crippen molar-refractivity contribution in [3.63, 3.8) is 0 Å². The van der Waals surface area contributed by atoms with E-state index in [-0.39, 0.29) is 5.91 Å². The minimum atomic E-state index is 0.224. The van der Waals surface area contributed by atoms with Gasteiger partial charge in [-0.05, 0) is 36.9 Å². The maximum absolute atomic E-state index is 12.1. The lowest BCUT2D eigenvalue weighted by atomic mass is 10.1. The highest BCUT2D eigenvalue weighted by atomic mass is 16.5. The molecule has 1 aliphatic rings. The lowest BCUT2D eigenvalue weighted by Crippen LogP contribution is -2.30. The first-order valence-electron chi connectivity index (χ1n) is 6.84. The maximum Gasteiger partial charge on any atom is 0.222 e. The van der Waals surface area contributed by atoms with Gasteiger partial charge in [0.15, 0.2) is 0 Å². The van der Waals surface area contributed by atoms with Crippen molar-refractivity contribution in [3.8, 4) is 5.75 Å². The van der Waals surface area contributed by atoms with Crippen molar-refractivity contribution >= 4 is 5.91 Å². The first kappa shape index (κ1) is 13.9. The van der Waals surface area contributed by atoms with Crippen LogP contribution in [0.3, 0.4) is 0 Å². The van der Waals surface area contributed by atoms with Gasteiger partial charge >= 0.3 is 0 Å². The fourth-order valence-corrected chi connectivity index (χ4v) is 2.56. The average Bonchev–Trinajstić information content (AvgIpc) is 2.94. The highest BCUT2D eigenvalue weighted by Crippen LogP contribution is 2.21. The molecule has 4 heteroatoms. The SMILES string of the molecule is COc1ccccc1CCC(=O)N1CCC(CN)C1. The Morgan fingerprint density at radius 1 is 1.47 bits per heavy atom. The molecule has 0 spiro atoms. The number of ether oxygens (including phenoxy) is 1. The summed E-state index contributed by atoms with van der Waals surface area (Å²) in [5.41, 5.74) is 6.74. The van der Waals surface area contributed by atoms with E-state index >= 15 is 0 Å². The lowest BCUT2D eigenvalue weighted by molar-refractivity contribution is -0.130. The molecule has 0 bridgehead atoms. The number of aryl methyl sites for hydroxylation is 1. The van der Waals surface area contributed by atoms with E-state index in [1.807, 2.05) is 29.2 Å². The molecule has 0 aliphatic carbocycles. The zero-order valence-corrected chi connectivity index (χ0v) is 11.5. The van der Waals surface area contributed by atoms with Crippen molar-refractivity contribution in [2.75, 3.05) is 26.7 Å². The van der Waals surface area contributed by atoms with Gasteiger partial charge in [0, 0.05) is 19.5 Å². The van der Waals surface area contributed by atoms with E-state index in [1.54, 1.807) is 7.11 Å². The van der Waals surface area contributed by atoms with E-state index < -0.39 is 0 Å². The highest BCUT2D eigenvalue weighted by molar-refractivity contribution is 5.76. The molecule has 1 unspecified atom stereocenters. The van der Waals surface area contributed by atoms with Crippen molar-refractivity contribution in [1.82, 2.24) is 4.90 Å². The quantitative estimate of drug-likeness (QED) is 0.873. The van der Waals surface area contributed by atoms with Crippen molar-refractivity contribution in [3.05, 3.63) is 29.8 Å². The molecule has 1 amide bonds. The van der Waals surface area contributed by atoms with Crippen molar-refractivity contribution in [2.24, 2.45) is 11.7 Å². The van der Waals surface area contributed by atoms with Gasteiger partial charge in [-0.1, -0.05) is 18.2 Å². The van der Waals surface area contributed by atoms with Crippen LogP contribution in [0.25, 0.3) is 0 Å². The van der Waals surface area contributed by atoms with Gasteiger partial charge < -0.3 is 15.4 Å². The smallest absolute Gasteiger partial charge is 0.222 e. The molecule has 0 radical (unpaired) electrons. The Kier molecular flexibility index (Phi) is 4.80. The Balaban J connectivity index is 1.87. The fourth-order valence-electron chi connectivity index (χ4n) is 2.56. The molecular formula is C15H22N2O2. The second-order valence-corrected chi connectivity index (χ2v) is 5.04. The van der Waals surface area contributed by atoms with Gasteiger partial charge in [-0.15, -0.1) is 0 Å². The molecule has 19 heavy (non-hydrogen) atoms. The molecule has 2 rings (SSSR count). The third-order valence-electron chi connectivity index (χ3n) is 3.77. The zero-order valence-electron chi connectivity index (χ0n) is 11.5. The van der Waals surface area contributed by atoms with Gasteiger partial charge in [-0.25, -0.2) is 0 Å². The van der Waals surface area contributed by atoms with Crippen LogP contribution >= 0.6 is 0 Å². The zero-order chi connectivity index (χ0) is 13.7. The maximum atomic E-state index is 12.1. The van der Waals surface area contributed by atoms with Crippen LogP contribution in [0.2, 0.25) is 0 Å². The van der Waals surface area contributed by atoms with E-state index in [0.717, 1.165) is 37.2 Å². The third-order valence-corrected chi connectivity index (χ3v) is 3.77. The summed E-state index contributed by atoms with van der Waals surface area (Å²) in [5, 5.41) is 0. The summed E-state index contributed by atoms with van der Waals surface area (Å²) in [7, 11) is 1.66. The molecule has 1 aromatic carbocycles. The number of carbonyl (C=O) groups is 1. The lowest BCUT2D eigenvalue weighted by Gasteiger charge is -2.16. The predicted molar refractivity (Wildman–Crippen MR) is 75.1 cm³/mol. The third kappa shape index (κ3) is 3.47. The first-order valence-corrected chi connectivity index (χ1v) is 6.84. The molecule has 0 aromatic heterocycles. The van der Waals surface area contributed by atoms with Gasteiger partial charge in [0.1, 0.15) is 5.75 Å². The predicted octanol–water partition coefficient (Wildman–Crippen LogP) is 1.44. The van der Waals surface area contributed by atoms with Crippen LogP contribution in [0, 0.1) is 5.92 Å². The van der Waals surface area contributed by atoms with Crippen LogP contribution in [-0.2, 0) is 11.2 Å². The molecule has 1 fully saturated rings. The van der Waals surface area contributed by atoms with Crippen molar-refractivity contribution in [1.29, 1.82) is 0 Å². The second kappa shape index (κ2) is 6.57. The molecule has 0 saturated carbocycles. The summed E-state index contributed by atoms with van der Waals surface area (Å²) in [4.78, 5) is 14.1. The second-order valence-electron chi connectivity index (χ2n) is 5.04. The Bertz CT molecular complexity index is 434. The number of nitrogens with two attached hydrogens (primary N) is 1. The molecule has 1 saturated heterocycles. The Hall–Kier alpha value is -1.55. The summed E-state index contributed by atoms with van der Waals surface area (Å²) >= 11 is 0. The number of hydrogen-bond donors (Lipinski definition) is 1. The van der Waals surface area contributed by atoms with Crippen LogP contribution < -0.4 is 10.5 Å². The van der Waals surface area contributed by atoms with Crippen molar-refractivity contribution < 1.29 is 9.53 Å². The Morgan fingerprint density at radius 3 is 2.95 bits per heavy atom. The standard InChI is InChI=1S/C15H22N2O2/c1-19-14-5-3-2-4-13(14)6-7-15(18)17-9-8-12(10-16)11-17/h2-5,12H,6-11,16H2,1H3. The Morgan fingerprint density at radius 2 is 2.26 bits per heavy atom. The van der Waals surface area contributed by atoms with E-state index in [4.69, 9.17) is 10.5 Å². The molecule has 1 aliphatic heterocycles. The molecule has 1 atom stereocenters. The number of carbonyl (C=O) groups excluding carboxylic acids is 1. The number of amides is 1. The van der Waals surface area contributed by atoms with Gasteiger partial charge in [0.2, 0.25) is 5.91 Å². The van der Waals surface area contributed by atoms with E-state index in [1.165, 1.54) is 0 Å². The van der Waals surface area contributed by atoms with E-state index in [2.05, 4.69) is 0 Å². The van der Waals surface area contributed by atoms with E-state index in [9.17, 15) is 4.79 Å². The van der Waals surface area contributed by atoms with Crippen LogP contribution in [-0.4, -0.2) is 37.6 Å². The summed E-state index contributed by atoms with van der Waals surface area (Å²) in [6.45, 7) is 2.35. The Labute approximate surface area is 114 Å². The molecule has 1 aromatic rings. The fraction of sp³-hybridized carbons (Fsp3) is 0.533. The molecule has 4 nitrogen and oxygen atoms in total. The number of para-hydroxylation sites is 1. The molecule has 1 heterocycles. The molecule has 2 N–H and O–H groups in total. The van der Waals surface area contributed by atoms with Crippen LogP contribution in [0.5, 0.6) is 5.75 Å². The minimum absolute atomic E-state index is 0.224. The summed E-state index contributed by atoms with van der Waals surface area (Å²) in [5.74, 6) is 1.56. The van der Waals surface area contributed by atoms with Gasteiger partial charge in [-0.2, -0.15) is 0 Å². The van der Waals surface area contributed by atoms with Crippen LogP contribution in [0.4, 0.5) is 0 Å². The highest BCUT2D eigenvalue weighted by Gasteiger charge is 2.24. The number of likely N-dealkylation sites (tertiary alicyclic amines) is 1. The summed E-state index contributed by atoms with van der Waals surface area (Å²) in [6, 6.07) is 7.86. The first-order chi connectivity index (χ1) is 9.24. The monoisotopic (exact) mass is 262 g/mol. The normalized spacial score (nSPS) is 18.6. The van der Waals surface area contributed by atoms with Crippen LogP contribution in [0.15, 0.2) is 24.3 Å². The van der Waals surface area contributed by atoms with Crippen LogP contribution in [0.1, 0.15) is 18.4 Å². The van der Waals surface area contributed by atoms with Gasteiger partial charge in [0.25, 0.3) is 0 Å². The number of hydrogen-bond acceptors (Lipinski definition) is 3. The molecular weight excluding hydrogens is 240 g/mol.